The van der Waals surface area contributed by atoms with Crippen molar-refractivity contribution in [1.82, 2.24) is 0 Å². The van der Waals surface area contributed by atoms with Crippen molar-refractivity contribution in [3.05, 3.63) is 0 Å². The van der Waals surface area contributed by atoms with Crippen molar-refractivity contribution in [1.29, 1.82) is 0 Å². The summed E-state index contributed by atoms with van der Waals surface area (Å²) in [4.78, 5) is 41.3. The molecule has 5 saturated heterocycles. The van der Waals surface area contributed by atoms with E-state index < -0.39 is 159 Å². The van der Waals surface area contributed by atoms with E-state index in [4.69, 9.17) is 52.1 Å². The molecule has 5 fully saturated rings. The van der Waals surface area contributed by atoms with Gasteiger partial charge in [0, 0.05) is 6.42 Å². The SMILES string of the molecule is CCCCCC1CCCCCCCCCC(=O)OC2C(O)C(CO)OC(OC3C(O1)OC(C)C(O)C3O)C2OC1OC(C)C(OC(=O)C(C)CC)C(OC2OC(C)C(O)C(O)C2O)C1OC(=O)C(C)CC. The summed E-state index contributed by atoms with van der Waals surface area (Å²) < 4.78 is 69.4. The number of ether oxygens (including phenoxy) is 11. The number of fused-ring (bicyclic) bond motifs is 3. The van der Waals surface area contributed by atoms with Crippen molar-refractivity contribution in [3.8, 4) is 0 Å². The van der Waals surface area contributed by atoms with Gasteiger partial charge in [-0.3, -0.25) is 14.4 Å². The second-order valence-corrected chi connectivity index (χ2v) is 20.2. The lowest BCUT2D eigenvalue weighted by Crippen LogP contribution is -2.68. The maximum Gasteiger partial charge on any atom is 0.309 e. The number of carbonyl (C=O) groups excluding carboxylic acids is 3. The van der Waals surface area contributed by atoms with E-state index in [1.54, 1.807) is 34.6 Å². The van der Waals surface area contributed by atoms with Crippen LogP contribution in [0.4, 0.5) is 0 Å². The van der Waals surface area contributed by atoms with Gasteiger partial charge in [-0.05, 0) is 52.9 Å². The van der Waals surface area contributed by atoms with Crippen molar-refractivity contribution < 1.29 is 102 Å². The van der Waals surface area contributed by atoms with Gasteiger partial charge in [-0.2, -0.15) is 0 Å². The lowest BCUT2D eigenvalue weighted by Gasteiger charge is -2.50. The molecule has 0 radical (unpaired) electrons. The molecule has 0 aromatic heterocycles. The van der Waals surface area contributed by atoms with Gasteiger partial charge in [-0.25, -0.2) is 0 Å². The summed E-state index contributed by atoms with van der Waals surface area (Å²) in [7, 11) is 0. The number of hydrogen-bond donors (Lipinski definition) is 7. The van der Waals surface area contributed by atoms with Crippen LogP contribution in [0.3, 0.4) is 0 Å². The number of aliphatic hydroxyl groups is 7. The number of aliphatic hydroxyl groups excluding tert-OH is 7. The molecule has 2 bridgehead atoms. The highest BCUT2D eigenvalue weighted by atomic mass is 16.8. The van der Waals surface area contributed by atoms with Crippen LogP contribution in [0.5, 0.6) is 0 Å². The highest BCUT2D eigenvalue weighted by Crippen LogP contribution is 2.39. The molecule has 21 nitrogen and oxygen atoms in total. The minimum Gasteiger partial charge on any atom is -0.456 e. The van der Waals surface area contributed by atoms with Crippen LogP contribution in [0.1, 0.15) is 152 Å². The molecule has 5 heterocycles. The highest BCUT2D eigenvalue weighted by molar-refractivity contribution is 5.73. The Morgan fingerprint density at radius 1 is 0.577 bits per heavy atom. The fraction of sp³-hybridized carbons (Fsp3) is 0.940. The highest BCUT2D eigenvalue weighted by Gasteiger charge is 2.58. The van der Waals surface area contributed by atoms with Crippen LogP contribution in [-0.2, 0) is 66.5 Å². The third kappa shape index (κ3) is 15.7. The van der Waals surface area contributed by atoms with Gasteiger partial charge < -0.3 is 87.9 Å². The monoisotopic (exact) mass is 1020 g/mol. The molecule has 5 aliphatic heterocycles. The summed E-state index contributed by atoms with van der Waals surface area (Å²) in [6.45, 7) is 12.6. The number of hydrogen-bond acceptors (Lipinski definition) is 21. The molecule has 21 heteroatoms. The molecule has 71 heavy (non-hydrogen) atoms. The number of carbonyl (C=O) groups is 3. The van der Waals surface area contributed by atoms with Crippen LogP contribution < -0.4 is 0 Å². The van der Waals surface area contributed by atoms with E-state index in [-0.39, 0.29) is 12.5 Å². The van der Waals surface area contributed by atoms with Crippen molar-refractivity contribution in [2.24, 2.45) is 11.8 Å². The Bertz CT molecular complexity index is 1610. The van der Waals surface area contributed by atoms with Crippen molar-refractivity contribution in [3.63, 3.8) is 0 Å². The molecule has 23 atom stereocenters. The smallest absolute Gasteiger partial charge is 0.309 e. The van der Waals surface area contributed by atoms with E-state index in [2.05, 4.69) is 6.92 Å². The summed E-state index contributed by atoms with van der Waals surface area (Å²) in [5.74, 6) is -3.52. The quantitative estimate of drug-likeness (QED) is 0.0705. The Morgan fingerprint density at radius 2 is 1.15 bits per heavy atom. The van der Waals surface area contributed by atoms with Crippen molar-refractivity contribution >= 4 is 17.9 Å². The van der Waals surface area contributed by atoms with E-state index >= 15 is 0 Å². The van der Waals surface area contributed by atoms with Gasteiger partial charge in [0.1, 0.15) is 54.9 Å². The third-order valence-electron chi connectivity index (χ3n) is 14.7. The van der Waals surface area contributed by atoms with Gasteiger partial charge in [-0.1, -0.05) is 92.4 Å². The summed E-state index contributed by atoms with van der Waals surface area (Å²) in [5, 5.41) is 78.2. The molecule has 0 aromatic rings. The fourth-order valence-electron chi connectivity index (χ4n) is 9.46. The van der Waals surface area contributed by atoms with Gasteiger partial charge in [-0.15, -0.1) is 0 Å². The second-order valence-electron chi connectivity index (χ2n) is 20.2. The first kappa shape index (κ1) is 59.7. The molecule has 5 rings (SSSR count). The van der Waals surface area contributed by atoms with Crippen LogP contribution in [0.2, 0.25) is 0 Å². The average Bonchev–Trinajstić information content (AvgIpc) is 3.34. The molecule has 0 saturated carbocycles. The molecule has 412 valence electrons. The first-order chi connectivity index (χ1) is 33.8. The normalized spacial score (nSPS) is 42.2. The van der Waals surface area contributed by atoms with Crippen LogP contribution in [0.15, 0.2) is 0 Å². The van der Waals surface area contributed by atoms with E-state index in [1.165, 1.54) is 13.8 Å². The molecule has 0 spiro atoms. The Labute approximate surface area is 418 Å². The molecule has 0 aliphatic carbocycles. The minimum absolute atomic E-state index is 0.0470. The maximum atomic E-state index is 13.9. The summed E-state index contributed by atoms with van der Waals surface area (Å²) in [6.07, 6.45) is -20.8. The molecule has 0 aromatic carbocycles. The van der Waals surface area contributed by atoms with Gasteiger partial charge in [0.15, 0.2) is 49.6 Å². The lowest BCUT2D eigenvalue weighted by molar-refractivity contribution is -0.400. The van der Waals surface area contributed by atoms with E-state index in [0.717, 1.165) is 57.8 Å². The van der Waals surface area contributed by atoms with Crippen molar-refractivity contribution in [2.75, 3.05) is 6.61 Å². The van der Waals surface area contributed by atoms with Crippen LogP contribution in [-0.4, -0.2) is 189 Å². The Balaban J connectivity index is 1.63. The number of unbranched alkanes of at least 4 members (excludes halogenated alkanes) is 2. The molecular weight excluding hydrogens is 937 g/mol. The van der Waals surface area contributed by atoms with Crippen molar-refractivity contribution in [2.45, 2.75) is 281 Å². The van der Waals surface area contributed by atoms with E-state index in [1.807, 2.05) is 0 Å². The van der Waals surface area contributed by atoms with Gasteiger partial charge in [0.2, 0.25) is 0 Å². The Hall–Kier alpha value is -2.19. The number of rotatable bonds is 15. The zero-order valence-electron chi connectivity index (χ0n) is 42.9. The van der Waals surface area contributed by atoms with Crippen LogP contribution in [0.25, 0.3) is 0 Å². The predicted octanol–water partition coefficient (Wildman–Crippen LogP) is 2.58. The maximum absolute atomic E-state index is 13.9. The minimum atomic E-state index is -1.86. The second kappa shape index (κ2) is 28.6. The first-order valence-electron chi connectivity index (χ1n) is 26.4. The summed E-state index contributed by atoms with van der Waals surface area (Å²) >= 11 is 0. The topological polar surface area (TPSA) is 294 Å². The van der Waals surface area contributed by atoms with Crippen LogP contribution >= 0.6 is 0 Å². The lowest BCUT2D eigenvalue weighted by atomic mass is 9.95. The van der Waals surface area contributed by atoms with Gasteiger partial charge >= 0.3 is 17.9 Å². The molecule has 0 amide bonds. The van der Waals surface area contributed by atoms with Crippen LogP contribution in [0, 0.1) is 11.8 Å². The molecule has 23 unspecified atom stereocenters. The third-order valence-corrected chi connectivity index (χ3v) is 14.7. The molecule has 5 aliphatic rings. The van der Waals surface area contributed by atoms with Gasteiger partial charge in [0.25, 0.3) is 0 Å². The standard InChI is InChI=1S/C50H86O21/c1-9-12-18-21-30-22-19-16-14-13-15-17-20-23-32(52)66-40-35(55)31(24-51)65-50(69-41-37(57)34(54)28(7)62-48(41)64-30)43(40)71-49-44(68-46(60)26(5)11-3)42(39(29(8)63-49)67-45(59)25(4)10-2)70-47-38(58)36(56)33(53)27(6)61-47/h25-31,33-44,47-51,53-58H,9-24H2,1-8H3. The molecule has 7 N–H and O–H groups in total. The summed E-state index contributed by atoms with van der Waals surface area (Å²) in [5.41, 5.74) is 0. The fourth-order valence-corrected chi connectivity index (χ4v) is 9.46. The average molecular weight is 1020 g/mol. The largest absolute Gasteiger partial charge is 0.456 e. The Morgan fingerprint density at radius 3 is 1.79 bits per heavy atom. The summed E-state index contributed by atoms with van der Waals surface area (Å²) in [6, 6.07) is 0. The number of esters is 3. The predicted molar refractivity (Wildman–Crippen MR) is 249 cm³/mol. The first-order valence-corrected chi connectivity index (χ1v) is 26.4. The zero-order chi connectivity index (χ0) is 52.1. The zero-order valence-corrected chi connectivity index (χ0v) is 42.9. The Kier molecular flexibility index (Phi) is 24.1. The van der Waals surface area contributed by atoms with Gasteiger partial charge in [0.05, 0.1) is 42.9 Å². The van der Waals surface area contributed by atoms with E-state index in [9.17, 15) is 50.1 Å². The van der Waals surface area contributed by atoms with E-state index in [0.29, 0.717) is 32.1 Å². The molecular formula is C50H86O21.